The molecule has 7 heteroatoms. The lowest BCUT2D eigenvalue weighted by atomic mass is 10.2. The zero-order valence-electron chi connectivity index (χ0n) is 10.8. The Balaban J connectivity index is 2.23. The van der Waals surface area contributed by atoms with Crippen molar-refractivity contribution in [3.05, 3.63) is 28.0 Å². The first-order chi connectivity index (χ1) is 9.13. The van der Waals surface area contributed by atoms with E-state index in [9.17, 15) is 4.79 Å². The Kier molecular flexibility index (Phi) is 4.06. The standard InChI is InChI=1S/C12H13N3O3S/c1-7-14-8(6-19-7)4-9(16)11-12(18-3)15-10(17-2)5-13-11/h5-6H,4H2,1-3H3. The summed E-state index contributed by atoms with van der Waals surface area (Å²) in [6.07, 6.45) is 1.57. The van der Waals surface area contributed by atoms with Crippen molar-refractivity contribution in [1.29, 1.82) is 0 Å². The Morgan fingerprint density at radius 3 is 2.68 bits per heavy atom. The van der Waals surface area contributed by atoms with Gasteiger partial charge in [-0.15, -0.1) is 11.3 Å². The molecule has 0 spiro atoms. The number of aryl methyl sites for hydroxylation is 1. The van der Waals surface area contributed by atoms with E-state index in [1.807, 2.05) is 12.3 Å². The third-order valence-corrected chi connectivity index (χ3v) is 3.22. The summed E-state index contributed by atoms with van der Waals surface area (Å²) in [4.78, 5) is 24.5. The summed E-state index contributed by atoms with van der Waals surface area (Å²) in [5.74, 6) is 0.284. The molecule has 6 nitrogen and oxygen atoms in total. The average Bonchev–Trinajstić information content (AvgIpc) is 2.83. The summed E-state index contributed by atoms with van der Waals surface area (Å²) in [7, 11) is 2.91. The first-order valence-corrected chi connectivity index (χ1v) is 6.41. The second-order valence-corrected chi connectivity index (χ2v) is 4.79. The highest BCUT2D eigenvalue weighted by atomic mass is 32.1. The molecule has 0 aliphatic carbocycles. The molecule has 100 valence electrons. The fourth-order valence-electron chi connectivity index (χ4n) is 1.53. The molecule has 0 bridgehead atoms. The monoisotopic (exact) mass is 279 g/mol. The number of nitrogens with zero attached hydrogens (tertiary/aromatic N) is 3. The van der Waals surface area contributed by atoms with Crippen LogP contribution in [0.3, 0.4) is 0 Å². The van der Waals surface area contributed by atoms with Gasteiger partial charge in [0, 0.05) is 5.38 Å². The van der Waals surface area contributed by atoms with Crippen molar-refractivity contribution in [2.45, 2.75) is 13.3 Å². The molecule has 0 fully saturated rings. The molecule has 2 heterocycles. The van der Waals surface area contributed by atoms with Crippen LogP contribution >= 0.6 is 11.3 Å². The summed E-state index contributed by atoms with van der Waals surface area (Å²) in [5.41, 5.74) is 0.918. The minimum atomic E-state index is -0.183. The maximum Gasteiger partial charge on any atom is 0.246 e. The van der Waals surface area contributed by atoms with E-state index < -0.39 is 0 Å². The van der Waals surface area contributed by atoms with Gasteiger partial charge in [0.25, 0.3) is 0 Å². The van der Waals surface area contributed by atoms with Crippen molar-refractivity contribution in [2.24, 2.45) is 0 Å². The Bertz CT molecular complexity index is 598. The van der Waals surface area contributed by atoms with Crippen LogP contribution in [0.5, 0.6) is 11.8 Å². The summed E-state index contributed by atoms with van der Waals surface area (Å²) in [5, 5.41) is 2.78. The minimum absolute atomic E-state index is 0.163. The molecule has 2 aromatic heterocycles. The van der Waals surface area contributed by atoms with E-state index in [1.54, 1.807) is 0 Å². The third kappa shape index (κ3) is 3.05. The number of ketones is 1. The molecule has 0 radical (unpaired) electrons. The number of hydrogen-bond donors (Lipinski definition) is 0. The number of carbonyl (C=O) groups excluding carboxylic acids is 1. The Hall–Kier alpha value is -2.02. The SMILES string of the molecule is COc1cnc(C(=O)Cc2csc(C)n2)c(OC)n1. The average molecular weight is 279 g/mol. The lowest BCUT2D eigenvalue weighted by molar-refractivity contribution is 0.0983. The van der Waals surface area contributed by atoms with E-state index in [2.05, 4.69) is 15.0 Å². The summed E-state index contributed by atoms with van der Waals surface area (Å²) in [6, 6.07) is 0. The van der Waals surface area contributed by atoms with Gasteiger partial charge in [-0.1, -0.05) is 0 Å². The normalized spacial score (nSPS) is 10.3. The van der Waals surface area contributed by atoms with Gasteiger partial charge in [-0.05, 0) is 6.92 Å². The zero-order chi connectivity index (χ0) is 13.8. The molecular formula is C12H13N3O3S. The van der Waals surface area contributed by atoms with Crippen LogP contribution in [0.15, 0.2) is 11.6 Å². The van der Waals surface area contributed by atoms with Gasteiger partial charge in [-0.25, -0.2) is 9.97 Å². The van der Waals surface area contributed by atoms with E-state index in [0.29, 0.717) is 5.88 Å². The maximum atomic E-state index is 12.1. The lowest BCUT2D eigenvalue weighted by Gasteiger charge is -2.06. The fraction of sp³-hybridized carbons (Fsp3) is 0.333. The van der Waals surface area contributed by atoms with Crippen LogP contribution in [0.4, 0.5) is 0 Å². The highest BCUT2D eigenvalue weighted by Crippen LogP contribution is 2.19. The summed E-state index contributed by atoms with van der Waals surface area (Å²) >= 11 is 1.51. The van der Waals surface area contributed by atoms with Crippen LogP contribution in [0, 0.1) is 6.92 Å². The first kappa shape index (κ1) is 13.4. The highest BCUT2D eigenvalue weighted by molar-refractivity contribution is 7.09. The molecule has 2 rings (SSSR count). The van der Waals surface area contributed by atoms with Crippen LogP contribution in [0.25, 0.3) is 0 Å². The molecule has 0 unspecified atom stereocenters. The number of Topliss-reactive ketones (excluding diaryl/α,β-unsaturated/α-hetero) is 1. The van der Waals surface area contributed by atoms with Crippen LogP contribution in [-0.4, -0.2) is 35.0 Å². The van der Waals surface area contributed by atoms with Gasteiger partial charge in [0.2, 0.25) is 11.8 Å². The number of hydrogen-bond acceptors (Lipinski definition) is 7. The van der Waals surface area contributed by atoms with E-state index in [0.717, 1.165) is 10.7 Å². The van der Waals surface area contributed by atoms with Gasteiger partial charge in [0.1, 0.15) is 0 Å². The topological polar surface area (TPSA) is 74.2 Å². The van der Waals surface area contributed by atoms with Crippen LogP contribution in [0.1, 0.15) is 21.2 Å². The number of rotatable bonds is 5. The predicted octanol–water partition coefficient (Wildman–Crippen LogP) is 1.68. The Morgan fingerprint density at radius 1 is 1.32 bits per heavy atom. The molecule has 0 aromatic carbocycles. The molecule has 0 saturated heterocycles. The third-order valence-electron chi connectivity index (χ3n) is 2.39. The molecule has 19 heavy (non-hydrogen) atoms. The minimum Gasteiger partial charge on any atom is -0.480 e. The smallest absolute Gasteiger partial charge is 0.246 e. The summed E-state index contributed by atoms with van der Waals surface area (Å²) < 4.78 is 10.00. The molecule has 0 aliphatic rings. The largest absolute Gasteiger partial charge is 0.480 e. The van der Waals surface area contributed by atoms with Crippen LogP contribution in [-0.2, 0) is 6.42 Å². The van der Waals surface area contributed by atoms with Gasteiger partial charge in [0.05, 0.1) is 37.5 Å². The maximum absolute atomic E-state index is 12.1. The fourth-order valence-corrected chi connectivity index (χ4v) is 2.14. The second kappa shape index (κ2) is 5.75. The van der Waals surface area contributed by atoms with E-state index in [4.69, 9.17) is 9.47 Å². The van der Waals surface area contributed by atoms with Crippen LogP contribution < -0.4 is 9.47 Å². The van der Waals surface area contributed by atoms with Gasteiger partial charge in [-0.3, -0.25) is 4.79 Å². The molecule has 0 saturated carbocycles. The van der Waals surface area contributed by atoms with Gasteiger partial charge < -0.3 is 9.47 Å². The van der Waals surface area contributed by atoms with Crippen molar-refractivity contribution in [3.63, 3.8) is 0 Å². The number of aromatic nitrogens is 3. The van der Waals surface area contributed by atoms with Gasteiger partial charge >= 0.3 is 0 Å². The van der Waals surface area contributed by atoms with Crippen LogP contribution in [0.2, 0.25) is 0 Å². The van der Waals surface area contributed by atoms with E-state index >= 15 is 0 Å². The molecule has 0 atom stereocenters. The summed E-state index contributed by atoms with van der Waals surface area (Å²) in [6.45, 7) is 1.90. The van der Waals surface area contributed by atoms with Crippen molar-refractivity contribution >= 4 is 17.1 Å². The number of ether oxygens (including phenoxy) is 2. The molecule has 2 aromatic rings. The Morgan fingerprint density at radius 2 is 2.11 bits per heavy atom. The van der Waals surface area contributed by atoms with Crippen molar-refractivity contribution < 1.29 is 14.3 Å². The van der Waals surface area contributed by atoms with Crippen molar-refractivity contribution in [2.75, 3.05) is 14.2 Å². The highest BCUT2D eigenvalue weighted by Gasteiger charge is 2.18. The number of methoxy groups -OCH3 is 2. The predicted molar refractivity (Wildman–Crippen MR) is 70.0 cm³/mol. The van der Waals surface area contributed by atoms with Gasteiger partial charge in [-0.2, -0.15) is 4.98 Å². The van der Waals surface area contributed by atoms with Crippen molar-refractivity contribution in [3.8, 4) is 11.8 Å². The molecule has 0 aliphatic heterocycles. The zero-order valence-corrected chi connectivity index (χ0v) is 11.7. The van der Waals surface area contributed by atoms with E-state index in [1.165, 1.54) is 31.8 Å². The quantitative estimate of drug-likeness (QED) is 0.775. The molecule has 0 N–H and O–H groups in total. The first-order valence-electron chi connectivity index (χ1n) is 5.53. The second-order valence-electron chi connectivity index (χ2n) is 3.73. The Labute approximate surface area is 114 Å². The number of carbonyl (C=O) groups is 1. The van der Waals surface area contributed by atoms with Gasteiger partial charge in [0.15, 0.2) is 11.5 Å². The lowest BCUT2D eigenvalue weighted by Crippen LogP contribution is -2.10. The van der Waals surface area contributed by atoms with E-state index in [-0.39, 0.29) is 23.8 Å². The number of thiazole rings is 1. The molecule has 0 amide bonds. The molecular weight excluding hydrogens is 266 g/mol. The van der Waals surface area contributed by atoms with Crippen molar-refractivity contribution in [1.82, 2.24) is 15.0 Å².